The van der Waals surface area contributed by atoms with Crippen LogP contribution in [0.3, 0.4) is 0 Å². The van der Waals surface area contributed by atoms with Crippen molar-refractivity contribution in [3.05, 3.63) is 40.2 Å². The summed E-state index contributed by atoms with van der Waals surface area (Å²) in [4.78, 5) is 63.8. The molecule has 1 aromatic carbocycles. The Labute approximate surface area is 251 Å². The summed E-state index contributed by atoms with van der Waals surface area (Å²) in [6.07, 6.45) is 1.20. The van der Waals surface area contributed by atoms with Gasteiger partial charge in [-0.3, -0.25) is 24.1 Å². The maximum atomic E-state index is 14.0. The smallest absolute Gasteiger partial charge is 0.319 e. The van der Waals surface area contributed by atoms with E-state index in [0.717, 1.165) is 0 Å². The Morgan fingerprint density at radius 2 is 1.73 bits per heavy atom. The number of aliphatic carboxylic acids is 1. The Bertz CT molecular complexity index is 1510. The molecule has 0 heterocycles. The second-order valence-electron chi connectivity index (χ2n) is 11.7. The fraction of sp³-hybridized carbons (Fsp3) is 0.483. The molecule has 1 saturated carbocycles. The third-order valence-electron chi connectivity index (χ3n) is 8.76. The summed E-state index contributed by atoms with van der Waals surface area (Å²) in [7, 11) is 2.93. The van der Waals surface area contributed by atoms with Crippen molar-refractivity contribution in [3.63, 3.8) is 0 Å². The fourth-order valence-corrected chi connectivity index (χ4v) is 6.59. The van der Waals surface area contributed by atoms with E-state index >= 15 is 0 Å². The number of Topliss-reactive ketones (excluding diaryl/α,β-unsaturated/α-hetero) is 2. The van der Waals surface area contributed by atoms with Crippen molar-refractivity contribution in [3.8, 4) is 5.75 Å². The highest BCUT2D eigenvalue weighted by Crippen LogP contribution is 2.57. The van der Waals surface area contributed by atoms with Crippen LogP contribution in [0.2, 0.25) is 0 Å². The summed E-state index contributed by atoms with van der Waals surface area (Å²) in [6, 6.07) is 0.591. The number of nitrogens with zero attached hydrogens (tertiary/aromatic N) is 1. The summed E-state index contributed by atoms with van der Waals surface area (Å²) in [5.41, 5.74) is -1.64. The lowest BCUT2D eigenvalue weighted by Crippen LogP contribution is -2.67. The Kier molecular flexibility index (Phi) is 8.52. The Hall–Kier alpha value is -4.47. The topological polar surface area (TPSA) is 260 Å². The summed E-state index contributed by atoms with van der Waals surface area (Å²) in [5.74, 6) is -9.88. The number of aliphatic hydroxyl groups excluding tert-OH is 2. The lowest BCUT2D eigenvalue weighted by atomic mass is 9.54. The van der Waals surface area contributed by atoms with Crippen LogP contribution >= 0.6 is 0 Å². The molecule has 0 aromatic heterocycles. The molecule has 15 nitrogen and oxygen atoms in total. The van der Waals surface area contributed by atoms with Crippen LogP contribution in [0, 0.1) is 11.8 Å². The van der Waals surface area contributed by atoms with Crippen LogP contribution in [0.1, 0.15) is 50.2 Å². The second kappa shape index (κ2) is 11.6. The van der Waals surface area contributed by atoms with Gasteiger partial charge in [0.1, 0.15) is 22.8 Å². The summed E-state index contributed by atoms with van der Waals surface area (Å²) in [5, 5.41) is 70.6. The van der Waals surface area contributed by atoms with E-state index in [0.29, 0.717) is 19.3 Å². The van der Waals surface area contributed by atoms with Crippen LogP contribution in [0.5, 0.6) is 5.75 Å². The van der Waals surface area contributed by atoms with E-state index in [1.54, 1.807) is 0 Å². The molecule has 0 saturated heterocycles. The first-order chi connectivity index (χ1) is 20.5. The Morgan fingerprint density at radius 3 is 2.32 bits per heavy atom. The van der Waals surface area contributed by atoms with E-state index in [-0.39, 0.29) is 30.6 Å². The average Bonchev–Trinajstić information content (AvgIpc) is 2.91. The number of carboxylic acid groups (broad SMARTS) is 1. The number of urea groups is 1. The van der Waals surface area contributed by atoms with E-state index in [4.69, 9.17) is 10.8 Å². The van der Waals surface area contributed by atoms with Gasteiger partial charge < -0.3 is 47.0 Å². The Balaban J connectivity index is 1.72. The normalized spacial score (nSPS) is 27.9. The molecule has 0 radical (unpaired) electrons. The first-order valence-electron chi connectivity index (χ1n) is 14.0. The van der Waals surface area contributed by atoms with Crippen molar-refractivity contribution in [1.82, 2.24) is 10.2 Å². The number of fused-ring (bicyclic) bond motifs is 3. The molecule has 10 N–H and O–H groups in total. The number of nitrogens with two attached hydrogens (primary N) is 1. The van der Waals surface area contributed by atoms with Crippen molar-refractivity contribution in [2.75, 3.05) is 26.0 Å². The van der Waals surface area contributed by atoms with Gasteiger partial charge in [0, 0.05) is 30.4 Å². The number of carbonyl (C=O) groups excluding carboxylic acids is 4. The highest BCUT2D eigenvalue weighted by atomic mass is 16.4. The quantitative estimate of drug-likeness (QED) is 0.104. The molecule has 0 aliphatic heterocycles. The van der Waals surface area contributed by atoms with Gasteiger partial charge in [0.2, 0.25) is 5.78 Å². The van der Waals surface area contributed by atoms with Gasteiger partial charge in [-0.25, -0.2) is 4.79 Å². The van der Waals surface area contributed by atoms with E-state index < -0.39 is 92.5 Å². The molecule has 3 amide bonds. The van der Waals surface area contributed by atoms with Gasteiger partial charge in [0.25, 0.3) is 5.91 Å². The fourth-order valence-electron chi connectivity index (χ4n) is 6.59. The molecule has 15 heteroatoms. The van der Waals surface area contributed by atoms with E-state index in [1.807, 2.05) is 0 Å². The van der Waals surface area contributed by atoms with E-state index in [2.05, 4.69) is 10.6 Å². The van der Waals surface area contributed by atoms with Crippen LogP contribution < -0.4 is 16.4 Å². The SMILES string of the molecule is CN(C)[C@@H]1C(=O)C(C(N)=O)=C(O)[C@@]2(O)C(=O)C3=C(O)c4c(ccc(NC(=O)NCCCCCC(=O)O)c4O)[C@@](C)(O)[C@H]3C[C@@H]12. The molecule has 1 aromatic rings. The minimum absolute atomic E-state index is 0.00925. The molecule has 44 heavy (non-hydrogen) atoms. The number of rotatable bonds is 9. The van der Waals surface area contributed by atoms with Crippen LogP contribution in [0.4, 0.5) is 10.5 Å². The predicted octanol–water partition coefficient (Wildman–Crippen LogP) is 0.396. The molecule has 3 aliphatic rings. The Morgan fingerprint density at radius 1 is 1.07 bits per heavy atom. The molecule has 1 fully saturated rings. The van der Waals surface area contributed by atoms with Gasteiger partial charge in [-0.1, -0.05) is 12.5 Å². The van der Waals surface area contributed by atoms with Gasteiger partial charge in [-0.05, 0) is 51.9 Å². The third kappa shape index (κ3) is 5.06. The van der Waals surface area contributed by atoms with Crippen molar-refractivity contribution in [2.45, 2.75) is 56.3 Å². The van der Waals surface area contributed by atoms with Crippen molar-refractivity contribution in [1.29, 1.82) is 0 Å². The number of primary amides is 1. The number of hydrogen-bond donors (Lipinski definition) is 9. The number of carboxylic acids is 1. The zero-order valence-corrected chi connectivity index (χ0v) is 24.4. The van der Waals surface area contributed by atoms with Crippen molar-refractivity contribution in [2.24, 2.45) is 17.6 Å². The van der Waals surface area contributed by atoms with Gasteiger partial charge >= 0.3 is 12.0 Å². The third-order valence-corrected chi connectivity index (χ3v) is 8.76. The lowest BCUT2D eigenvalue weighted by molar-refractivity contribution is -0.159. The van der Waals surface area contributed by atoms with E-state index in [9.17, 15) is 49.5 Å². The number of aliphatic hydroxyl groups is 4. The van der Waals surface area contributed by atoms with Gasteiger partial charge in [-0.2, -0.15) is 0 Å². The highest BCUT2D eigenvalue weighted by Gasteiger charge is 2.66. The van der Waals surface area contributed by atoms with Crippen LogP contribution in [-0.4, -0.2) is 97.3 Å². The minimum atomic E-state index is -2.88. The standard InChI is InChI=1S/C29H36N4O11/c1-28(43)12-8-9-15(32-27(42)31-10-6-4-5-7-16(34)35)21(36)17(12)22(37)18-13(28)11-14-20(33(2)3)23(38)19(26(30)41)25(40)29(14,44)24(18)39/h8-9,13-14,20,36-37,40,43-44H,4-7,10-11H2,1-3H3,(H2,30,41)(H,34,35)(H2,31,32,42)/t13-,14-,20-,28+,29-/m0/s1. The zero-order chi connectivity index (χ0) is 32.9. The van der Waals surface area contributed by atoms with Crippen molar-refractivity contribution < 1.29 is 54.6 Å². The molecule has 4 rings (SSSR count). The van der Waals surface area contributed by atoms with Crippen LogP contribution in [-0.2, 0) is 24.8 Å². The number of amides is 3. The first-order valence-corrected chi connectivity index (χ1v) is 14.0. The van der Waals surface area contributed by atoms with Crippen molar-refractivity contribution >= 4 is 40.9 Å². The van der Waals surface area contributed by atoms with Crippen LogP contribution in [0.15, 0.2) is 29.0 Å². The monoisotopic (exact) mass is 616 g/mol. The largest absolute Gasteiger partial charge is 0.508 e. The van der Waals surface area contributed by atoms with Gasteiger partial charge in [0.15, 0.2) is 11.4 Å². The molecule has 0 bridgehead atoms. The highest BCUT2D eigenvalue weighted by molar-refractivity contribution is 6.24. The number of aromatic hydroxyl groups is 1. The number of unbranched alkanes of at least 4 members (excludes halogenated alkanes) is 2. The zero-order valence-electron chi connectivity index (χ0n) is 24.4. The summed E-state index contributed by atoms with van der Waals surface area (Å²) < 4.78 is 0. The minimum Gasteiger partial charge on any atom is -0.508 e. The van der Waals surface area contributed by atoms with Crippen LogP contribution in [0.25, 0.3) is 5.76 Å². The number of phenolic OH excluding ortho intramolecular Hbond substituents is 1. The number of carbonyl (C=O) groups is 5. The number of phenols is 1. The average molecular weight is 617 g/mol. The molecular formula is C29H36N4O11. The maximum absolute atomic E-state index is 14.0. The predicted molar refractivity (Wildman–Crippen MR) is 153 cm³/mol. The summed E-state index contributed by atoms with van der Waals surface area (Å²) in [6.45, 7) is 1.53. The van der Waals surface area contributed by atoms with Gasteiger partial charge in [0.05, 0.1) is 22.9 Å². The van der Waals surface area contributed by atoms with E-state index in [1.165, 1.54) is 38.1 Å². The number of benzene rings is 1. The molecular weight excluding hydrogens is 580 g/mol. The number of likely N-dealkylation sites (N-methyl/N-ethyl adjacent to an activating group) is 1. The molecule has 0 unspecified atom stereocenters. The van der Waals surface area contributed by atoms with Gasteiger partial charge in [-0.15, -0.1) is 0 Å². The number of anilines is 1. The number of nitrogens with one attached hydrogen (secondary N) is 2. The second-order valence-corrected chi connectivity index (χ2v) is 11.7. The number of hydrogen-bond acceptors (Lipinski definition) is 11. The molecule has 0 spiro atoms. The molecule has 3 aliphatic carbocycles. The molecule has 5 atom stereocenters. The molecule has 238 valence electrons. The maximum Gasteiger partial charge on any atom is 0.319 e. The number of ketones is 2. The lowest BCUT2D eigenvalue weighted by Gasteiger charge is -2.53. The first kappa shape index (κ1) is 32.4. The summed E-state index contributed by atoms with van der Waals surface area (Å²) >= 11 is 0.